The van der Waals surface area contributed by atoms with E-state index in [2.05, 4.69) is 5.32 Å². The second-order valence-corrected chi connectivity index (χ2v) is 9.54. The minimum Gasteiger partial charge on any atom is -0.383 e. The molecule has 0 aliphatic carbocycles. The van der Waals surface area contributed by atoms with Crippen LogP contribution in [0.2, 0.25) is 0 Å². The normalized spacial score (nSPS) is 20.9. The van der Waals surface area contributed by atoms with Crippen LogP contribution in [0, 0.1) is 25.6 Å². The van der Waals surface area contributed by atoms with Gasteiger partial charge in [0.2, 0.25) is 0 Å². The van der Waals surface area contributed by atoms with E-state index in [1.807, 2.05) is 36.9 Å². The first-order chi connectivity index (χ1) is 16.7. The summed E-state index contributed by atoms with van der Waals surface area (Å²) in [6.45, 7) is 5.32. The first-order valence-corrected chi connectivity index (χ1v) is 12.0. The van der Waals surface area contributed by atoms with Gasteiger partial charge >= 0.3 is 6.03 Å². The molecule has 7 nitrogen and oxygen atoms in total. The van der Waals surface area contributed by atoms with Crippen LogP contribution in [-0.2, 0) is 16.0 Å². The van der Waals surface area contributed by atoms with Crippen LogP contribution >= 0.6 is 0 Å². The monoisotopic (exact) mass is 481 g/mol. The van der Waals surface area contributed by atoms with Crippen LogP contribution in [0.1, 0.15) is 39.9 Å². The third kappa shape index (κ3) is 4.93. The zero-order chi connectivity index (χ0) is 25.2. The van der Waals surface area contributed by atoms with Crippen molar-refractivity contribution in [3.05, 3.63) is 70.5 Å². The van der Waals surface area contributed by atoms with Gasteiger partial charge in [-0.25, -0.2) is 9.18 Å². The molecular formula is C27H32FN3O4. The Morgan fingerprint density at radius 2 is 1.80 bits per heavy atom. The number of likely N-dealkylation sites (tertiary alicyclic amines) is 1. The van der Waals surface area contributed by atoms with Crippen LogP contribution in [0.4, 0.5) is 9.18 Å². The van der Waals surface area contributed by atoms with Gasteiger partial charge < -0.3 is 15.0 Å². The Balaban J connectivity index is 1.56. The molecule has 186 valence electrons. The Morgan fingerprint density at radius 1 is 1.11 bits per heavy atom. The number of aryl methyl sites for hydroxylation is 2. The number of benzene rings is 2. The number of hydrogen-bond acceptors (Lipinski definition) is 4. The number of ether oxygens (including phenoxy) is 1. The molecule has 2 aliphatic heterocycles. The maximum Gasteiger partial charge on any atom is 0.325 e. The van der Waals surface area contributed by atoms with E-state index >= 15 is 0 Å². The molecule has 2 aromatic carbocycles. The molecule has 0 spiro atoms. The second kappa shape index (κ2) is 10.2. The van der Waals surface area contributed by atoms with Gasteiger partial charge in [-0.2, -0.15) is 0 Å². The first-order valence-electron chi connectivity index (χ1n) is 12.0. The van der Waals surface area contributed by atoms with E-state index in [-0.39, 0.29) is 43.1 Å². The van der Waals surface area contributed by atoms with E-state index in [4.69, 9.17) is 4.74 Å². The van der Waals surface area contributed by atoms with Crippen LogP contribution < -0.4 is 5.32 Å². The SMILES string of the molecule is COCCN1C(=O)N[C@@](Cc2ccc(F)cc2)(C2CCN(C(=O)c3ccc(C)cc3C)CC2)C1=O. The van der Waals surface area contributed by atoms with E-state index in [9.17, 15) is 18.8 Å². The lowest BCUT2D eigenvalue weighted by Crippen LogP contribution is -2.58. The van der Waals surface area contributed by atoms with Crippen LogP contribution in [0.25, 0.3) is 0 Å². The van der Waals surface area contributed by atoms with Crippen molar-refractivity contribution in [2.45, 2.75) is 38.6 Å². The van der Waals surface area contributed by atoms with Crippen molar-refractivity contribution in [1.29, 1.82) is 0 Å². The Hall–Kier alpha value is -3.26. The highest BCUT2D eigenvalue weighted by atomic mass is 19.1. The summed E-state index contributed by atoms with van der Waals surface area (Å²) in [4.78, 5) is 42.7. The number of amides is 4. The molecule has 0 bridgehead atoms. The second-order valence-electron chi connectivity index (χ2n) is 9.54. The predicted molar refractivity (Wildman–Crippen MR) is 129 cm³/mol. The molecule has 0 unspecified atom stereocenters. The van der Waals surface area contributed by atoms with Crippen molar-refractivity contribution in [2.24, 2.45) is 5.92 Å². The average molecular weight is 482 g/mol. The molecule has 1 atom stereocenters. The average Bonchev–Trinajstić information content (AvgIpc) is 3.08. The maximum atomic E-state index is 13.7. The summed E-state index contributed by atoms with van der Waals surface area (Å²) >= 11 is 0. The lowest BCUT2D eigenvalue weighted by atomic mass is 9.73. The summed E-state index contributed by atoms with van der Waals surface area (Å²) in [6, 6.07) is 11.4. The molecule has 35 heavy (non-hydrogen) atoms. The molecule has 2 fully saturated rings. The van der Waals surface area contributed by atoms with E-state index in [0.717, 1.165) is 16.7 Å². The quantitative estimate of drug-likeness (QED) is 0.615. The number of hydrogen-bond donors (Lipinski definition) is 1. The minimum atomic E-state index is -1.14. The number of rotatable bonds is 7. The smallest absolute Gasteiger partial charge is 0.325 e. The third-order valence-electron chi connectivity index (χ3n) is 7.21. The minimum absolute atomic E-state index is 0.0166. The summed E-state index contributed by atoms with van der Waals surface area (Å²) < 4.78 is 18.6. The zero-order valence-electron chi connectivity index (χ0n) is 20.5. The number of carbonyl (C=O) groups is 3. The highest BCUT2D eigenvalue weighted by molar-refractivity contribution is 6.07. The number of imide groups is 1. The number of piperidine rings is 1. The number of urea groups is 1. The van der Waals surface area contributed by atoms with Gasteiger partial charge in [-0.15, -0.1) is 0 Å². The Kier molecular flexibility index (Phi) is 7.21. The number of nitrogens with zero attached hydrogens (tertiary/aromatic N) is 2. The van der Waals surface area contributed by atoms with Gasteiger partial charge in [-0.3, -0.25) is 14.5 Å². The highest BCUT2D eigenvalue weighted by Crippen LogP contribution is 2.37. The summed E-state index contributed by atoms with van der Waals surface area (Å²) in [7, 11) is 1.52. The highest BCUT2D eigenvalue weighted by Gasteiger charge is 2.55. The van der Waals surface area contributed by atoms with Gasteiger partial charge in [0, 0.05) is 32.2 Å². The first kappa shape index (κ1) is 24.9. The van der Waals surface area contributed by atoms with Gasteiger partial charge in [-0.05, 0) is 61.9 Å². The summed E-state index contributed by atoms with van der Waals surface area (Å²) in [5.41, 5.74) is 2.36. The molecule has 1 N–H and O–H groups in total. The molecule has 2 saturated heterocycles. The summed E-state index contributed by atoms with van der Waals surface area (Å²) in [5, 5.41) is 2.98. The van der Waals surface area contributed by atoms with Crippen LogP contribution in [-0.4, -0.2) is 66.5 Å². The van der Waals surface area contributed by atoms with E-state index in [0.29, 0.717) is 31.5 Å². The van der Waals surface area contributed by atoms with Crippen molar-refractivity contribution in [3.63, 3.8) is 0 Å². The van der Waals surface area contributed by atoms with E-state index < -0.39 is 11.6 Å². The number of nitrogens with one attached hydrogen (secondary N) is 1. The number of methoxy groups -OCH3 is 1. The fourth-order valence-electron chi connectivity index (χ4n) is 5.29. The van der Waals surface area contributed by atoms with Crippen LogP contribution in [0.5, 0.6) is 0 Å². The zero-order valence-corrected chi connectivity index (χ0v) is 20.5. The van der Waals surface area contributed by atoms with Crippen molar-refractivity contribution in [2.75, 3.05) is 33.4 Å². The summed E-state index contributed by atoms with van der Waals surface area (Å²) in [6.07, 6.45) is 1.40. The fraction of sp³-hybridized carbons (Fsp3) is 0.444. The van der Waals surface area contributed by atoms with Crippen LogP contribution in [0.3, 0.4) is 0 Å². The topological polar surface area (TPSA) is 79.0 Å². The lowest BCUT2D eigenvalue weighted by Gasteiger charge is -2.41. The standard InChI is InChI=1S/C27H32FN3O4/c1-18-4-9-23(19(2)16-18)24(32)30-12-10-21(11-13-30)27(17-20-5-7-22(28)8-6-20)25(33)31(14-15-35-3)26(34)29-27/h4-9,16,21H,10-15,17H2,1-3H3,(H,29,34)/t27-/m0/s1. The van der Waals surface area contributed by atoms with Gasteiger partial charge in [0.05, 0.1) is 13.2 Å². The van der Waals surface area contributed by atoms with E-state index in [1.54, 1.807) is 12.1 Å². The number of halogens is 1. The Morgan fingerprint density at radius 3 is 2.43 bits per heavy atom. The van der Waals surface area contributed by atoms with Gasteiger partial charge in [0.25, 0.3) is 11.8 Å². The fourth-order valence-corrected chi connectivity index (χ4v) is 5.29. The van der Waals surface area contributed by atoms with Crippen molar-refractivity contribution >= 4 is 17.8 Å². The molecule has 2 aliphatic rings. The third-order valence-corrected chi connectivity index (χ3v) is 7.21. The number of carbonyl (C=O) groups excluding carboxylic acids is 3. The maximum absolute atomic E-state index is 13.7. The molecule has 0 saturated carbocycles. The lowest BCUT2D eigenvalue weighted by molar-refractivity contribution is -0.134. The molecule has 0 radical (unpaired) electrons. The predicted octanol–water partition coefficient (Wildman–Crippen LogP) is 3.47. The molecule has 4 amide bonds. The van der Waals surface area contributed by atoms with Gasteiger partial charge in [-0.1, -0.05) is 29.8 Å². The van der Waals surface area contributed by atoms with Gasteiger partial charge in [0.1, 0.15) is 11.4 Å². The van der Waals surface area contributed by atoms with E-state index in [1.165, 1.54) is 24.1 Å². The van der Waals surface area contributed by atoms with Gasteiger partial charge in [0.15, 0.2) is 0 Å². The summed E-state index contributed by atoms with van der Waals surface area (Å²) in [5.74, 6) is -0.829. The molecular weight excluding hydrogens is 449 g/mol. The Bertz CT molecular complexity index is 1110. The molecule has 2 heterocycles. The van der Waals surface area contributed by atoms with Crippen molar-refractivity contribution in [1.82, 2.24) is 15.1 Å². The molecule has 8 heteroatoms. The molecule has 4 rings (SSSR count). The Labute approximate surface area is 205 Å². The van der Waals surface area contributed by atoms with Crippen molar-refractivity contribution < 1.29 is 23.5 Å². The van der Waals surface area contributed by atoms with Crippen molar-refractivity contribution in [3.8, 4) is 0 Å². The van der Waals surface area contributed by atoms with Crippen LogP contribution in [0.15, 0.2) is 42.5 Å². The molecule has 0 aromatic heterocycles. The molecule has 2 aromatic rings. The largest absolute Gasteiger partial charge is 0.383 e.